The van der Waals surface area contributed by atoms with Gasteiger partial charge in [0.25, 0.3) is 0 Å². The third-order valence-electron chi connectivity index (χ3n) is 3.19. The van der Waals surface area contributed by atoms with E-state index in [2.05, 4.69) is 12.2 Å². The van der Waals surface area contributed by atoms with Crippen LogP contribution in [0.3, 0.4) is 0 Å². The second-order valence-electron chi connectivity index (χ2n) is 6.66. The van der Waals surface area contributed by atoms with Crippen molar-refractivity contribution in [2.24, 2.45) is 5.92 Å². The average molecular weight is 315 g/mol. The van der Waals surface area contributed by atoms with E-state index in [0.29, 0.717) is 6.61 Å². The Kier molecular flexibility index (Phi) is 10.1. The Balaban J connectivity index is 4.62. The van der Waals surface area contributed by atoms with E-state index in [4.69, 9.17) is 9.47 Å². The minimum atomic E-state index is -0.544. The minimum absolute atomic E-state index is 0.0116. The summed E-state index contributed by atoms with van der Waals surface area (Å²) in [6, 6.07) is -0.269. The molecular formula is C17H33NO4. The van der Waals surface area contributed by atoms with Crippen LogP contribution in [0.2, 0.25) is 0 Å². The van der Waals surface area contributed by atoms with Gasteiger partial charge in [-0.1, -0.05) is 31.9 Å². The van der Waals surface area contributed by atoms with E-state index in [9.17, 15) is 9.90 Å². The molecule has 0 aromatic rings. The smallest absolute Gasteiger partial charge is 0.408 e. The summed E-state index contributed by atoms with van der Waals surface area (Å²) in [5.41, 5.74) is 0.418. The van der Waals surface area contributed by atoms with Crippen molar-refractivity contribution in [1.82, 2.24) is 5.32 Å². The molecular weight excluding hydrogens is 282 g/mol. The molecule has 0 fully saturated rings. The monoisotopic (exact) mass is 315 g/mol. The maximum atomic E-state index is 11.9. The van der Waals surface area contributed by atoms with Crippen molar-refractivity contribution in [3.63, 3.8) is 0 Å². The van der Waals surface area contributed by atoms with E-state index < -0.39 is 11.7 Å². The van der Waals surface area contributed by atoms with E-state index >= 15 is 0 Å². The largest absolute Gasteiger partial charge is 0.444 e. The van der Waals surface area contributed by atoms with Crippen LogP contribution in [0, 0.1) is 5.92 Å². The summed E-state index contributed by atoms with van der Waals surface area (Å²) in [7, 11) is 0. The van der Waals surface area contributed by atoms with Crippen LogP contribution >= 0.6 is 0 Å². The van der Waals surface area contributed by atoms with Gasteiger partial charge in [-0.25, -0.2) is 4.79 Å². The number of aliphatic hydroxyl groups excluding tert-OH is 1. The van der Waals surface area contributed by atoms with Crippen molar-refractivity contribution in [1.29, 1.82) is 0 Å². The van der Waals surface area contributed by atoms with Crippen LogP contribution < -0.4 is 5.32 Å². The lowest BCUT2D eigenvalue weighted by Crippen LogP contribution is -2.44. The van der Waals surface area contributed by atoms with Crippen molar-refractivity contribution in [2.45, 2.75) is 66.0 Å². The van der Waals surface area contributed by atoms with Crippen LogP contribution in [-0.2, 0) is 9.47 Å². The van der Waals surface area contributed by atoms with Gasteiger partial charge in [0.1, 0.15) is 5.60 Å². The Morgan fingerprint density at radius 2 is 2.00 bits per heavy atom. The molecule has 0 radical (unpaired) electrons. The normalized spacial score (nSPS) is 15.3. The SMILES string of the molecule is CCCCOC/C=C(\C)[C@@H](NC(=O)OC(C)(C)C)[C@@H](C)CO. The second kappa shape index (κ2) is 10.6. The minimum Gasteiger partial charge on any atom is -0.444 e. The van der Waals surface area contributed by atoms with E-state index in [1.54, 1.807) is 0 Å². The molecule has 0 saturated heterocycles. The zero-order valence-electron chi connectivity index (χ0n) is 14.9. The number of rotatable bonds is 9. The summed E-state index contributed by atoms with van der Waals surface area (Å²) in [6.07, 6.45) is 3.62. The fourth-order valence-corrected chi connectivity index (χ4v) is 1.89. The number of aliphatic hydroxyl groups is 1. The molecule has 0 aliphatic rings. The fraction of sp³-hybridized carbons (Fsp3) is 0.824. The molecule has 0 unspecified atom stereocenters. The lowest BCUT2D eigenvalue weighted by Gasteiger charge is -2.27. The third kappa shape index (κ3) is 9.79. The van der Waals surface area contributed by atoms with Crippen LogP contribution in [0.5, 0.6) is 0 Å². The molecule has 0 aliphatic carbocycles. The topological polar surface area (TPSA) is 67.8 Å². The zero-order valence-corrected chi connectivity index (χ0v) is 14.9. The van der Waals surface area contributed by atoms with Crippen molar-refractivity contribution >= 4 is 6.09 Å². The first-order valence-electron chi connectivity index (χ1n) is 8.06. The zero-order chi connectivity index (χ0) is 17.2. The molecule has 5 heteroatoms. The maximum absolute atomic E-state index is 11.9. The Labute approximate surface area is 135 Å². The molecule has 0 spiro atoms. The third-order valence-corrected chi connectivity index (χ3v) is 3.19. The molecule has 0 aromatic heterocycles. The lowest BCUT2D eigenvalue weighted by molar-refractivity contribution is 0.0488. The number of amides is 1. The highest BCUT2D eigenvalue weighted by atomic mass is 16.6. The van der Waals surface area contributed by atoms with Crippen molar-refractivity contribution in [3.8, 4) is 0 Å². The van der Waals surface area contributed by atoms with Crippen molar-refractivity contribution in [3.05, 3.63) is 11.6 Å². The van der Waals surface area contributed by atoms with Gasteiger partial charge in [-0.05, 0) is 34.1 Å². The number of ether oxygens (including phenoxy) is 2. The van der Waals surface area contributed by atoms with E-state index in [-0.39, 0.29) is 18.6 Å². The molecule has 0 saturated carbocycles. The van der Waals surface area contributed by atoms with Crippen molar-refractivity contribution in [2.75, 3.05) is 19.8 Å². The summed E-state index contributed by atoms with van der Waals surface area (Å²) >= 11 is 0. The highest BCUT2D eigenvalue weighted by Gasteiger charge is 2.24. The Bertz CT molecular complexity index is 347. The molecule has 130 valence electrons. The predicted octanol–water partition coefficient (Wildman–Crippen LogP) is 3.27. The molecule has 0 aromatic carbocycles. The van der Waals surface area contributed by atoms with E-state index in [1.165, 1.54) is 0 Å². The molecule has 2 N–H and O–H groups in total. The van der Waals surface area contributed by atoms with E-state index in [0.717, 1.165) is 25.0 Å². The first-order chi connectivity index (χ1) is 10.2. The first-order valence-corrected chi connectivity index (χ1v) is 8.06. The fourth-order valence-electron chi connectivity index (χ4n) is 1.89. The number of hydrogen-bond donors (Lipinski definition) is 2. The van der Waals surface area contributed by atoms with Gasteiger partial charge >= 0.3 is 6.09 Å². The van der Waals surface area contributed by atoms with Gasteiger partial charge in [-0.15, -0.1) is 0 Å². The first kappa shape index (κ1) is 20.9. The van der Waals surface area contributed by atoms with Gasteiger partial charge in [-0.3, -0.25) is 0 Å². The highest BCUT2D eigenvalue weighted by molar-refractivity contribution is 5.68. The Morgan fingerprint density at radius 3 is 2.50 bits per heavy atom. The molecule has 2 atom stereocenters. The van der Waals surface area contributed by atoms with E-state index in [1.807, 2.05) is 40.7 Å². The summed E-state index contributed by atoms with van der Waals surface area (Å²) in [5.74, 6) is -0.0978. The standard InChI is InChI=1S/C17H33NO4/c1-7-8-10-21-11-9-13(2)15(14(3)12-19)18-16(20)22-17(4,5)6/h9,14-15,19H,7-8,10-12H2,1-6H3,(H,18,20)/b13-9+/t14-,15+/m0/s1. The number of unbranched alkanes of at least 4 members (excludes halogenated alkanes) is 1. The van der Waals surface area contributed by atoms with Crippen LogP contribution in [0.15, 0.2) is 11.6 Å². The Morgan fingerprint density at radius 1 is 1.36 bits per heavy atom. The molecule has 22 heavy (non-hydrogen) atoms. The number of nitrogens with one attached hydrogen (secondary N) is 1. The molecule has 0 rings (SSSR count). The predicted molar refractivity (Wildman–Crippen MR) is 88.9 cm³/mol. The second-order valence-corrected chi connectivity index (χ2v) is 6.66. The van der Waals surface area contributed by atoms with Gasteiger partial charge in [-0.2, -0.15) is 0 Å². The number of carbonyl (C=O) groups is 1. The van der Waals surface area contributed by atoms with Gasteiger partial charge in [0, 0.05) is 19.1 Å². The quantitative estimate of drug-likeness (QED) is 0.506. The number of carbonyl (C=O) groups excluding carboxylic acids is 1. The average Bonchev–Trinajstić information content (AvgIpc) is 2.41. The van der Waals surface area contributed by atoms with Crippen molar-refractivity contribution < 1.29 is 19.4 Å². The van der Waals surface area contributed by atoms with Gasteiger partial charge in [0.15, 0.2) is 0 Å². The van der Waals surface area contributed by atoms with Gasteiger partial charge in [0.05, 0.1) is 12.6 Å². The Hall–Kier alpha value is -1.07. The summed E-state index contributed by atoms with van der Waals surface area (Å²) in [4.78, 5) is 11.9. The van der Waals surface area contributed by atoms with Crippen LogP contribution in [0.1, 0.15) is 54.4 Å². The molecule has 0 aliphatic heterocycles. The molecule has 5 nitrogen and oxygen atoms in total. The number of hydrogen-bond acceptors (Lipinski definition) is 4. The van der Waals surface area contributed by atoms with Crippen LogP contribution in [-0.4, -0.2) is 42.7 Å². The summed E-state index contributed by atoms with van der Waals surface area (Å²) in [5, 5.41) is 12.2. The molecule has 0 heterocycles. The van der Waals surface area contributed by atoms with Gasteiger partial charge in [0.2, 0.25) is 0 Å². The summed E-state index contributed by atoms with van der Waals surface area (Å²) < 4.78 is 10.8. The number of alkyl carbamates (subject to hydrolysis) is 1. The highest BCUT2D eigenvalue weighted by Crippen LogP contribution is 2.14. The lowest BCUT2D eigenvalue weighted by atomic mass is 9.96. The maximum Gasteiger partial charge on any atom is 0.408 e. The molecule has 0 bridgehead atoms. The summed E-state index contributed by atoms with van der Waals surface area (Å²) in [6.45, 7) is 12.6. The van der Waals surface area contributed by atoms with Crippen LogP contribution in [0.4, 0.5) is 4.79 Å². The molecule has 1 amide bonds. The van der Waals surface area contributed by atoms with Crippen LogP contribution in [0.25, 0.3) is 0 Å². The van der Waals surface area contributed by atoms with Gasteiger partial charge < -0.3 is 19.9 Å².